The lowest BCUT2D eigenvalue weighted by molar-refractivity contribution is -0.144. The molecule has 78 valence electrons. The maximum Gasteiger partial charge on any atom is 0.305 e. The highest BCUT2D eigenvalue weighted by atomic mass is 32.2. The summed E-state index contributed by atoms with van der Waals surface area (Å²) in [6, 6.07) is 0. The molecule has 0 bridgehead atoms. The molecule has 0 amide bonds. The second-order valence-electron chi connectivity index (χ2n) is 2.36. The van der Waals surface area contributed by atoms with E-state index in [1.54, 1.807) is 0 Å². The Hall–Kier alpha value is -0.460. The van der Waals surface area contributed by atoms with Crippen molar-refractivity contribution in [3.8, 4) is 0 Å². The van der Waals surface area contributed by atoms with E-state index in [9.17, 15) is 9.00 Å². The molecule has 0 rings (SSSR count). The van der Waals surface area contributed by atoms with Crippen LogP contribution in [0.3, 0.4) is 0 Å². The van der Waals surface area contributed by atoms with Gasteiger partial charge in [0.1, 0.15) is 13.2 Å². The molecule has 0 radical (unpaired) electrons. The van der Waals surface area contributed by atoms with Gasteiger partial charge in [0.15, 0.2) is 0 Å². The molecular formula is C7H14O5S. The van der Waals surface area contributed by atoms with Crippen LogP contribution in [0, 0.1) is 0 Å². The minimum atomic E-state index is -2.28. The van der Waals surface area contributed by atoms with E-state index in [0.717, 1.165) is 12.8 Å². The van der Waals surface area contributed by atoms with Crippen LogP contribution >= 0.6 is 0 Å². The number of ether oxygens (including phenoxy) is 1. The fraction of sp³-hybridized carbons (Fsp3) is 0.857. The van der Waals surface area contributed by atoms with Crippen molar-refractivity contribution >= 4 is 17.3 Å². The van der Waals surface area contributed by atoms with Gasteiger partial charge in [-0.25, -0.2) is 0 Å². The van der Waals surface area contributed by atoms with Crippen LogP contribution in [0.1, 0.15) is 26.2 Å². The summed E-state index contributed by atoms with van der Waals surface area (Å²) in [7, 11) is 0. The smallest absolute Gasteiger partial charge is 0.305 e. The van der Waals surface area contributed by atoms with Crippen LogP contribution < -0.4 is 0 Å². The highest BCUT2D eigenvalue weighted by Crippen LogP contribution is 1.96. The van der Waals surface area contributed by atoms with E-state index in [-0.39, 0.29) is 19.2 Å². The summed E-state index contributed by atoms with van der Waals surface area (Å²) in [6.07, 6.45) is 2.12. The molecule has 0 aromatic heterocycles. The Morgan fingerprint density at radius 2 is 2.15 bits per heavy atom. The summed E-state index contributed by atoms with van der Waals surface area (Å²) in [5.74, 6) is -0.297. The number of carbonyl (C=O) groups excluding carboxylic acids is 1. The van der Waals surface area contributed by atoms with E-state index in [4.69, 9.17) is 4.55 Å². The van der Waals surface area contributed by atoms with E-state index in [0.29, 0.717) is 6.42 Å². The van der Waals surface area contributed by atoms with E-state index >= 15 is 0 Å². The minimum Gasteiger partial charge on any atom is -0.463 e. The fourth-order valence-corrected chi connectivity index (χ4v) is 0.865. The van der Waals surface area contributed by atoms with Gasteiger partial charge in [-0.2, -0.15) is 4.21 Å². The Bertz CT molecular complexity index is 170. The summed E-state index contributed by atoms with van der Waals surface area (Å²) < 4.78 is 27.1. The van der Waals surface area contributed by atoms with Crippen LogP contribution in [0.4, 0.5) is 0 Å². The predicted octanol–water partition coefficient (Wildman–Crippen LogP) is 0.873. The summed E-state index contributed by atoms with van der Waals surface area (Å²) in [6.45, 7) is 1.95. The number of hydrogen-bond acceptors (Lipinski definition) is 4. The van der Waals surface area contributed by atoms with Crippen molar-refractivity contribution < 1.29 is 22.5 Å². The molecule has 0 spiro atoms. The molecule has 6 heteroatoms. The Kier molecular flexibility index (Phi) is 7.86. The highest BCUT2D eigenvalue weighted by Gasteiger charge is 2.01. The lowest BCUT2D eigenvalue weighted by Gasteiger charge is -2.02. The fourth-order valence-electron chi connectivity index (χ4n) is 0.654. The molecule has 0 aliphatic rings. The molecule has 1 atom stereocenters. The Morgan fingerprint density at radius 3 is 2.69 bits per heavy atom. The quantitative estimate of drug-likeness (QED) is 0.383. The molecular weight excluding hydrogens is 196 g/mol. The number of esters is 1. The summed E-state index contributed by atoms with van der Waals surface area (Å²) in [5.41, 5.74) is 0. The standard InChI is InChI=1S/C7H14O5S/c1-2-3-4-7(8)11-5-6-12-13(9)10/h2-6H2,1H3,(H,9,10). The van der Waals surface area contributed by atoms with Crippen molar-refractivity contribution in [2.75, 3.05) is 13.2 Å². The van der Waals surface area contributed by atoms with Gasteiger partial charge >= 0.3 is 17.3 Å². The van der Waals surface area contributed by atoms with Crippen LogP contribution in [-0.2, 0) is 25.1 Å². The van der Waals surface area contributed by atoms with Gasteiger partial charge in [-0.05, 0) is 6.42 Å². The second kappa shape index (κ2) is 8.15. The second-order valence-corrected chi connectivity index (χ2v) is 3.03. The maximum atomic E-state index is 10.8. The van der Waals surface area contributed by atoms with Gasteiger partial charge in [0.05, 0.1) is 0 Å². The van der Waals surface area contributed by atoms with Gasteiger partial charge in [-0.3, -0.25) is 13.5 Å². The molecule has 0 aliphatic carbocycles. The zero-order chi connectivity index (χ0) is 10.1. The van der Waals surface area contributed by atoms with Crippen molar-refractivity contribution in [3.63, 3.8) is 0 Å². The largest absolute Gasteiger partial charge is 0.463 e. The van der Waals surface area contributed by atoms with Gasteiger partial charge in [-0.15, -0.1) is 0 Å². The van der Waals surface area contributed by atoms with Crippen molar-refractivity contribution in [3.05, 3.63) is 0 Å². The molecule has 13 heavy (non-hydrogen) atoms. The zero-order valence-electron chi connectivity index (χ0n) is 7.52. The first-order valence-electron chi connectivity index (χ1n) is 4.06. The SMILES string of the molecule is CCCCC(=O)OCCOS(=O)O. The number of unbranched alkanes of at least 4 members (excludes halogenated alkanes) is 1. The van der Waals surface area contributed by atoms with Crippen LogP contribution in [-0.4, -0.2) is 27.9 Å². The molecule has 5 nitrogen and oxygen atoms in total. The molecule has 0 aromatic rings. The number of rotatable bonds is 7. The topological polar surface area (TPSA) is 72.8 Å². The van der Waals surface area contributed by atoms with Gasteiger partial charge in [0.2, 0.25) is 0 Å². The van der Waals surface area contributed by atoms with Gasteiger partial charge in [0.25, 0.3) is 0 Å². The lowest BCUT2D eigenvalue weighted by Crippen LogP contribution is -2.10. The molecule has 0 saturated heterocycles. The predicted molar refractivity (Wildman–Crippen MR) is 47.2 cm³/mol. The average molecular weight is 210 g/mol. The van der Waals surface area contributed by atoms with Crippen molar-refractivity contribution in [1.29, 1.82) is 0 Å². The molecule has 0 heterocycles. The number of hydrogen-bond donors (Lipinski definition) is 1. The molecule has 0 aromatic carbocycles. The van der Waals surface area contributed by atoms with Crippen LogP contribution in [0.5, 0.6) is 0 Å². The van der Waals surface area contributed by atoms with Gasteiger partial charge in [-0.1, -0.05) is 13.3 Å². The van der Waals surface area contributed by atoms with E-state index in [2.05, 4.69) is 8.92 Å². The van der Waals surface area contributed by atoms with Crippen molar-refractivity contribution in [1.82, 2.24) is 0 Å². The summed E-state index contributed by atoms with van der Waals surface area (Å²) >= 11 is -2.28. The normalized spacial score (nSPS) is 12.5. The Balaban J connectivity index is 3.22. The monoisotopic (exact) mass is 210 g/mol. The third-order valence-electron chi connectivity index (χ3n) is 1.26. The lowest BCUT2D eigenvalue weighted by atomic mass is 10.2. The average Bonchev–Trinajstić information content (AvgIpc) is 2.08. The van der Waals surface area contributed by atoms with E-state index < -0.39 is 11.4 Å². The summed E-state index contributed by atoms with van der Waals surface area (Å²) in [4.78, 5) is 10.8. The van der Waals surface area contributed by atoms with Crippen LogP contribution in [0.15, 0.2) is 0 Å². The van der Waals surface area contributed by atoms with Gasteiger partial charge < -0.3 is 4.74 Å². The molecule has 0 aliphatic heterocycles. The third-order valence-corrected chi connectivity index (χ3v) is 1.63. The van der Waals surface area contributed by atoms with Crippen LogP contribution in [0.2, 0.25) is 0 Å². The van der Waals surface area contributed by atoms with Crippen molar-refractivity contribution in [2.45, 2.75) is 26.2 Å². The maximum absolute atomic E-state index is 10.8. The summed E-state index contributed by atoms with van der Waals surface area (Å²) in [5, 5.41) is 0. The number of carbonyl (C=O) groups is 1. The molecule has 0 fully saturated rings. The molecule has 1 N–H and O–H groups in total. The minimum absolute atomic E-state index is 0.0227. The highest BCUT2D eigenvalue weighted by molar-refractivity contribution is 7.74. The zero-order valence-corrected chi connectivity index (χ0v) is 8.34. The third kappa shape index (κ3) is 9.45. The van der Waals surface area contributed by atoms with E-state index in [1.165, 1.54) is 0 Å². The Labute approximate surface area is 79.9 Å². The van der Waals surface area contributed by atoms with Crippen molar-refractivity contribution in [2.24, 2.45) is 0 Å². The first-order chi connectivity index (χ1) is 6.16. The molecule has 1 unspecified atom stereocenters. The van der Waals surface area contributed by atoms with E-state index in [1.807, 2.05) is 6.92 Å². The first-order valence-corrected chi connectivity index (χ1v) is 5.09. The first kappa shape index (κ1) is 12.5. The Morgan fingerprint density at radius 1 is 1.46 bits per heavy atom. The van der Waals surface area contributed by atoms with Gasteiger partial charge in [0, 0.05) is 6.42 Å². The van der Waals surface area contributed by atoms with Crippen LogP contribution in [0.25, 0.3) is 0 Å². The molecule has 0 saturated carbocycles.